The molecule has 7 nitrogen and oxygen atoms in total. The maximum absolute atomic E-state index is 13.4. The van der Waals surface area contributed by atoms with Gasteiger partial charge in [0.05, 0.1) is 21.9 Å². The van der Waals surface area contributed by atoms with E-state index in [0.717, 1.165) is 16.8 Å². The van der Waals surface area contributed by atoms with Crippen LogP contribution < -0.4 is 15.8 Å². The number of fused-ring (bicyclic) bond motifs is 1. The van der Waals surface area contributed by atoms with Gasteiger partial charge in [0.25, 0.3) is 5.91 Å². The third-order valence-electron chi connectivity index (χ3n) is 4.96. The van der Waals surface area contributed by atoms with Crippen molar-refractivity contribution in [3.63, 3.8) is 0 Å². The van der Waals surface area contributed by atoms with Gasteiger partial charge in [-0.3, -0.25) is 9.59 Å². The van der Waals surface area contributed by atoms with Crippen LogP contribution in [0.2, 0.25) is 0 Å². The topological polar surface area (TPSA) is 99.2 Å². The van der Waals surface area contributed by atoms with Gasteiger partial charge >= 0.3 is 0 Å². The number of para-hydroxylation sites is 1. The molecule has 9 heteroatoms. The Labute approximate surface area is 182 Å². The van der Waals surface area contributed by atoms with Crippen molar-refractivity contribution < 1.29 is 18.7 Å². The van der Waals surface area contributed by atoms with Crippen molar-refractivity contribution in [2.75, 3.05) is 11.9 Å². The van der Waals surface area contributed by atoms with E-state index in [4.69, 9.17) is 10.5 Å². The molecule has 1 aromatic heterocycles. The fourth-order valence-electron chi connectivity index (χ4n) is 3.50. The minimum Gasteiger partial charge on any atom is -0.483 e. The molecule has 0 saturated heterocycles. The van der Waals surface area contributed by atoms with Gasteiger partial charge in [-0.2, -0.15) is 5.10 Å². The Morgan fingerprint density at radius 1 is 1.26 bits per heavy atom. The highest BCUT2D eigenvalue weighted by Crippen LogP contribution is 2.48. The number of halogens is 1. The Morgan fingerprint density at radius 3 is 2.68 bits per heavy atom. The van der Waals surface area contributed by atoms with Crippen molar-refractivity contribution in [2.45, 2.75) is 24.3 Å². The summed E-state index contributed by atoms with van der Waals surface area (Å²) in [5, 5.41) is 6.95. The lowest BCUT2D eigenvalue weighted by Gasteiger charge is -2.20. The van der Waals surface area contributed by atoms with E-state index in [9.17, 15) is 14.0 Å². The van der Waals surface area contributed by atoms with E-state index in [-0.39, 0.29) is 28.8 Å². The highest BCUT2D eigenvalue weighted by atomic mass is 32.2. The molecule has 1 aliphatic heterocycles. The van der Waals surface area contributed by atoms with E-state index in [0.29, 0.717) is 17.3 Å². The predicted molar refractivity (Wildman–Crippen MR) is 117 cm³/mol. The molecule has 2 amide bonds. The Kier molecular flexibility index (Phi) is 5.69. The summed E-state index contributed by atoms with van der Waals surface area (Å²) in [5.41, 5.74) is 8.22. The number of anilines is 1. The van der Waals surface area contributed by atoms with Gasteiger partial charge in [0.2, 0.25) is 5.91 Å². The molecule has 3 N–H and O–H groups in total. The molecule has 4 rings (SSSR count). The molecular weight excluding hydrogens is 419 g/mol. The first-order valence-electron chi connectivity index (χ1n) is 9.67. The van der Waals surface area contributed by atoms with E-state index in [2.05, 4.69) is 10.4 Å². The van der Waals surface area contributed by atoms with E-state index < -0.39 is 5.91 Å². The van der Waals surface area contributed by atoms with Gasteiger partial charge in [0.15, 0.2) is 6.61 Å². The second-order valence-corrected chi connectivity index (χ2v) is 8.63. The normalized spacial score (nSPS) is 18.1. The highest BCUT2D eigenvalue weighted by molar-refractivity contribution is 8.01. The number of amides is 2. The second-order valence-electron chi connectivity index (χ2n) is 7.18. The number of rotatable bonds is 5. The molecule has 0 fully saturated rings. The van der Waals surface area contributed by atoms with Crippen LogP contribution in [0.25, 0.3) is 5.69 Å². The molecule has 0 saturated carbocycles. The van der Waals surface area contributed by atoms with Crippen molar-refractivity contribution in [1.29, 1.82) is 0 Å². The molecule has 0 aliphatic carbocycles. The van der Waals surface area contributed by atoms with Crippen LogP contribution in [-0.2, 0) is 9.59 Å². The predicted octanol–water partition coefficient (Wildman–Crippen LogP) is 3.35. The summed E-state index contributed by atoms with van der Waals surface area (Å²) in [6, 6.07) is 13.3. The maximum Gasteiger partial charge on any atom is 0.255 e. The standard InChI is InChI=1S/C22H21FN4O3S/c1-12-19-20(16-5-3-4-6-17(16)30-11-18(24)28)31-13(2)22(29)25-21(19)27(26-12)15-9-7-14(23)8-10-15/h3-10,13,20H,11H2,1-2H3,(H2,24,28)(H,25,29). The molecule has 2 unspecified atom stereocenters. The molecule has 2 aromatic carbocycles. The zero-order chi connectivity index (χ0) is 22.1. The largest absolute Gasteiger partial charge is 0.483 e. The number of ether oxygens (including phenoxy) is 1. The van der Waals surface area contributed by atoms with Crippen LogP contribution in [0.3, 0.4) is 0 Å². The van der Waals surface area contributed by atoms with Gasteiger partial charge in [0.1, 0.15) is 17.4 Å². The molecule has 31 heavy (non-hydrogen) atoms. The molecule has 2 heterocycles. The number of aromatic nitrogens is 2. The lowest BCUT2D eigenvalue weighted by molar-refractivity contribution is -0.120. The lowest BCUT2D eigenvalue weighted by atomic mass is 10.0. The Balaban J connectivity index is 1.86. The van der Waals surface area contributed by atoms with Crippen LogP contribution >= 0.6 is 11.8 Å². The molecule has 160 valence electrons. The summed E-state index contributed by atoms with van der Waals surface area (Å²) in [4.78, 5) is 24.0. The van der Waals surface area contributed by atoms with Crippen molar-refractivity contribution in [1.82, 2.24) is 9.78 Å². The van der Waals surface area contributed by atoms with Crippen LogP contribution in [0.4, 0.5) is 10.2 Å². The van der Waals surface area contributed by atoms with Gasteiger partial charge in [0, 0.05) is 11.1 Å². The van der Waals surface area contributed by atoms with Crippen molar-refractivity contribution in [2.24, 2.45) is 5.73 Å². The highest BCUT2D eigenvalue weighted by Gasteiger charge is 2.35. The van der Waals surface area contributed by atoms with Gasteiger partial charge < -0.3 is 15.8 Å². The summed E-state index contributed by atoms with van der Waals surface area (Å²) in [7, 11) is 0. The SMILES string of the molecule is Cc1nn(-c2ccc(F)cc2)c2c1C(c1ccccc1OCC(N)=O)SC(C)C(=O)N2. The van der Waals surface area contributed by atoms with E-state index in [1.165, 1.54) is 23.9 Å². The number of nitrogens with two attached hydrogens (primary N) is 1. The zero-order valence-corrected chi connectivity index (χ0v) is 17.8. The van der Waals surface area contributed by atoms with Crippen molar-refractivity contribution >= 4 is 29.4 Å². The average molecular weight is 441 g/mol. The molecular formula is C22H21FN4O3S. The van der Waals surface area contributed by atoms with Crippen molar-refractivity contribution in [3.8, 4) is 11.4 Å². The molecule has 0 spiro atoms. The summed E-state index contributed by atoms with van der Waals surface area (Å²) in [5.74, 6) is -0.0479. The van der Waals surface area contributed by atoms with Gasteiger partial charge in [-0.25, -0.2) is 9.07 Å². The van der Waals surface area contributed by atoms with Crippen molar-refractivity contribution in [3.05, 3.63) is 71.2 Å². The smallest absolute Gasteiger partial charge is 0.255 e. The second kappa shape index (κ2) is 8.43. The van der Waals surface area contributed by atoms with Gasteiger partial charge in [-0.15, -0.1) is 11.8 Å². The van der Waals surface area contributed by atoms with Gasteiger partial charge in [-0.05, 0) is 44.2 Å². The fourth-order valence-corrected chi connectivity index (χ4v) is 4.85. The number of benzene rings is 2. The van der Waals surface area contributed by atoms with Crippen LogP contribution in [0, 0.1) is 12.7 Å². The number of thioether (sulfide) groups is 1. The van der Waals surface area contributed by atoms with Crippen LogP contribution in [0.15, 0.2) is 48.5 Å². The monoisotopic (exact) mass is 440 g/mol. The lowest BCUT2D eigenvalue weighted by Crippen LogP contribution is -2.22. The maximum atomic E-state index is 13.4. The number of carbonyl (C=O) groups excluding carboxylic acids is 2. The summed E-state index contributed by atoms with van der Waals surface area (Å²) in [6.07, 6.45) is 0. The number of hydrogen-bond acceptors (Lipinski definition) is 5. The molecule has 0 bridgehead atoms. The van der Waals surface area contributed by atoms with Crippen LogP contribution in [-0.4, -0.2) is 33.5 Å². The minimum absolute atomic E-state index is 0.160. The summed E-state index contributed by atoms with van der Waals surface area (Å²) in [6.45, 7) is 3.44. The summed E-state index contributed by atoms with van der Waals surface area (Å²) < 4.78 is 20.7. The fraction of sp³-hybridized carbons (Fsp3) is 0.227. The molecule has 2 atom stereocenters. The Bertz CT molecular complexity index is 1150. The number of carbonyl (C=O) groups is 2. The number of nitrogens with zero attached hydrogens (tertiary/aromatic N) is 2. The first-order valence-corrected chi connectivity index (χ1v) is 10.6. The van der Waals surface area contributed by atoms with E-state index >= 15 is 0 Å². The zero-order valence-electron chi connectivity index (χ0n) is 17.0. The third kappa shape index (κ3) is 4.13. The van der Waals surface area contributed by atoms with Crippen LogP contribution in [0.1, 0.15) is 29.0 Å². The third-order valence-corrected chi connectivity index (χ3v) is 6.35. The molecule has 3 aromatic rings. The Hall–Kier alpha value is -3.33. The summed E-state index contributed by atoms with van der Waals surface area (Å²) >= 11 is 1.46. The first kappa shape index (κ1) is 20.9. The first-order chi connectivity index (χ1) is 14.8. The van der Waals surface area contributed by atoms with E-state index in [1.54, 1.807) is 22.9 Å². The number of aryl methyl sites for hydroxylation is 1. The average Bonchev–Trinajstić information content (AvgIpc) is 2.99. The number of nitrogens with one attached hydrogen (secondary N) is 1. The molecule has 0 radical (unpaired) electrons. The minimum atomic E-state index is -0.575. The van der Waals surface area contributed by atoms with E-state index in [1.807, 2.05) is 32.0 Å². The quantitative estimate of drug-likeness (QED) is 0.634. The Morgan fingerprint density at radius 2 is 1.97 bits per heavy atom. The number of hydrogen-bond donors (Lipinski definition) is 2. The molecule has 1 aliphatic rings. The van der Waals surface area contributed by atoms with Crippen LogP contribution in [0.5, 0.6) is 5.75 Å². The number of primary amides is 1. The van der Waals surface area contributed by atoms with Gasteiger partial charge in [-0.1, -0.05) is 18.2 Å².